The van der Waals surface area contributed by atoms with Gasteiger partial charge in [0.25, 0.3) is 5.91 Å². The van der Waals surface area contributed by atoms with Crippen molar-refractivity contribution < 1.29 is 31.9 Å². The summed E-state index contributed by atoms with van der Waals surface area (Å²) in [4.78, 5) is 38.9. The first-order chi connectivity index (χ1) is 16.1. The van der Waals surface area contributed by atoms with Gasteiger partial charge in [-0.15, -0.1) is 0 Å². The van der Waals surface area contributed by atoms with Gasteiger partial charge in [-0.3, -0.25) is 14.4 Å². The van der Waals surface area contributed by atoms with E-state index in [9.17, 15) is 31.9 Å². The van der Waals surface area contributed by atoms with Crippen LogP contribution in [-0.2, 0) is 22.3 Å². The summed E-state index contributed by atoms with van der Waals surface area (Å²) in [5, 5.41) is 2.77. The minimum atomic E-state index is -4.91. The molecule has 1 atom stereocenters. The number of primary amides is 1. The number of nitrogens with zero attached hydrogens (tertiary/aromatic N) is 2. The van der Waals surface area contributed by atoms with Gasteiger partial charge in [0, 0.05) is 23.6 Å². The van der Waals surface area contributed by atoms with E-state index in [4.69, 9.17) is 5.73 Å². The third kappa shape index (κ3) is 4.33. The second-order valence-corrected chi connectivity index (χ2v) is 7.95. The fraction of sp³-hybridized carbons (Fsp3) is 0.261. The minimum absolute atomic E-state index is 0.185. The van der Waals surface area contributed by atoms with Crippen LogP contribution < -0.4 is 11.1 Å². The van der Waals surface area contributed by atoms with E-state index in [-0.39, 0.29) is 25.1 Å². The molecule has 2 aromatic carbocycles. The molecule has 0 saturated carbocycles. The molecule has 7 nitrogen and oxygen atoms in total. The highest BCUT2D eigenvalue weighted by Gasteiger charge is 2.37. The average molecular weight is 476 g/mol. The van der Waals surface area contributed by atoms with Crippen molar-refractivity contribution in [1.29, 1.82) is 0 Å². The molecule has 1 saturated heterocycles. The Kier molecular flexibility index (Phi) is 6.03. The van der Waals surface area contributed by atoms with E-state index < -0.39 is 47.0 Å². The zero-order valence-electron chi connectivity index (χ0n) is 17.7. The molecule has 0 radical (unpaired) electrons. The average Bonchev–Trinajstić information content (AvgIpc) is 3.40. The molecule has 34 heavy (non-hydrogen) atoms. The van der Waals surface area contributed by atoms with Crippen LogP contribution in [0.4, 0.5) is 23.2 Å². The highest BCUT2D eigenvalue weighted by molar-refractivity contribution is 6.06. The van der Waals surface area contributed by atoms with E-state index in [1.165, 1.54) is 11.1 Å². The molecular formula is C23H20F4N4O3. The summed E-state index contributed by atoms with van der Waals surface area (Å²) in [6.45, 7) is 0.0688. The molecule has 1 aliphatic rings. The van der Waals surface area contributed by atoms with E-state index in [1.807, 2.05) is 0 Å². The molecule has 4 rings (SSSR count). The number of amides is 3. The van der Waals surface area contributed by atoms with Crippen LogP contribution in [0.2, 0.25) is 0 Å². The van der Waals surface area contributed by atoms with Gasteiger partial charge < -0.3 is 20.5 Å². The summed E-state index contributed by atoms with van der Waals surface area (Å²) in [6.07, 6.45) is -2.68. The number of nitrogens with two attached hydrogens (primary N) is 1. The van der Waals surface area contributed by atoms with Crippen molar-refractivity contribution in [2.75, 3.05) is 11.9 Å². The first kappa shape index (κ1) is 23.3. The number of benzene rings is 2. The Labute approximate surface area is 191 Å². The Balaban J connectivity index is 1.53. The Morgan fingerprint density at radius 1 is 1.09 bits per heavy atom. The highest BCUT2D eigenvalue weighted by Crippen LogP contribution is 2.34. The van der Waals surface area contributed by atoms with Gasteiger partial charge >= 0.3 is 6.18 Å². The highest BCUT2D eigenvalue weighted by atomic mass is 19.4. The number of likely N-dealkylation sites (tertiary alicyclic amines) is 1. The molecule has 1 aromatic heterocycles. The number of nitrogens with one attached hydrogen (secondary N) is 1. The molecule has 178 valence electrons. The smallest absolute Gasteiger partial charge is 0.366 e. The molecule has 3 amide bonds. The van der Waals surface area contributed by atoms with E-state index in [1.54, 1.807) is 28.8 Å². The molecule has 1 fully saturated rings. The number of halogens is 4. The summed E-state index contributed by atoms with van der Waals surface area (Å²) < 4.78 is 54.8. The lowest BCUT2D eigenvalue weighted by atomic mass is 10.1. The summed E-state index contributed by atoms with van der Waals surface area (Å²) in [5.74, 6) is -3.45. The number of fused-ring (bicyclic) bond motifs is 1. The first-order valence-corrected chi connectivity index (χ1v) is 10.4. The molecular weight excluding hydrogens is 456 g/mol. The largest absolute Gasteiger partial charge is 0.419 e. The molecule has 3 aromatic rings. The van der Waals surface area contributed by atoms with Gasteiger partial charge in [-0.1, -0.05) is 24.3 Å². The monoisotopic (exact) mass is 476 g/mol. The second kappa shape index (κ2) is 8.81. The Morgan fingerprint density at radius 2 is 1.82 bits per heavy atom. The fourth-order valence-corrected chi connectivity index (χ4v) is 4.21. The van der Waals surface area contributed by atoms with Crippen molar-refractivity contribution in [2.24, 2.45) is 5.73 Å². The first-order valence-electron chi connectivity index (χ1n) is 10.4. The van der Waals surface area contributed by atoms with E-state index in [2.05, 4.69) is 5.32 Å². The lowest BCUT2D eigenvalue weighted by Crippen LogP contribution is -2.44. The zero-order valence-corrected chi connectivity index (χ0v) is 17.7. The van der Waals surface area contributed by atoms with Crippen LogP contribution in [0.15, 0.2) is 48.7 Å². The predicted octanol–water partition coefficient (Wildman–Crippen LogP) is 3.53. The Bertz CT molecular complexity index is 1280. The number of hydrogen-bond donors (Lipinski definition) is 2. The standard InChI is InChI=1S/C23H20F4N4O3/c24-20-15(23(25,26)27)6-3-7-16(20)29-22(34)18-9-4-10-31(18)19(32)12-30-11-14(21(28)33)13-5-1-2-8-17(13)30/h1-3,5-8,11,18H,4,9-10,12H2,(H2,28,33)(H,29,34)/t18-/m0/s1. The van der Waals surface area contributed by atoms with Crippen molar-refractivity contribution in [3.8, 4) is 0 Å². The van der Waals surface area contributed by atoms with Crippen LogP contribution in [0.25, 0.3) is 10.9 Å². The summed E-state index contributed by atoms with van der Waals surface area (Å²) in [7, 11) is 0. The predicted molar refractivity (Wildman–Crippen MR) is 115 cm³/mol. The van der Waals surface area contributed by atoms with Crippen molar-refractivity contribution in [2.45, 2.75) is 31.6 Å². The Morgan fingerprint density at radius 3 is 2.53 bits per heavy atom. The topological polar surface area (TPSA) is 97.4 Å². The lowest BCUT2D eigenvalue weighted by molar-refractivity contribution is -0.140. The molecule has 0 bridgehead atoms. The third-order valence-electron chi connectivity index (χ3n) is 5.80. The Hall–Kier alpha value is -3.89. The van der Waals surface area contributed by atoms with Crippen LogP contribution in [0.3, 0.4) is 0 Å². The number of alkyl halides is 3. The second-order valence-electron chi connectivity index (χ2n) is 7.95. The maximum Gasteiger partial charge on any atom is 0.419 e. The van der Waals surface area contributed by atoms with Gasteiger partial charge in [-0.2, -0.15) is 13.2 Å². The number of anilines is 1. The van der Waals surface area contributed by atoms with E-state index in [0.29, 0.717) is 23.4 Å². The number of carbonyl (C=O) groups excluding carboxylic acids is 3. The van der Waals surface area contributed by atoms with E-state index in [0.717, 1.165) is 12.1 Å². The third-order valence-corrected chi connectivity index (χ3v) is 5.80. The maximum absolute atomic E-state index is 14.3. The van der Waals surface area contributed by atoms with Crippen molar-refractivity contribution in [3.63, 3.8) is 0 Å². The molecule has 1 aliphatic heterocycles. The molecule has 0 unspecified atom stereocenters. The van der Waals surface area contributed by atoms with Crippen LogP contribution in [0.5, 0.6) is 0 Å². The minimum Gasteiger partial charge on any atom is -0.366 e. The van der Waals surface area contributed by atoms with Crippen molar-refractivity contribution in [1.82, 2.24) is 9.47 Å². The van der Waals surface area contributed by atoms with Gasteiger partial charge in [-0.25, -0.2) is 4.39 Å². The number of para-hydroxylation sites is 1. The van der Waals surface area contributed by atoms with Gasteiger partial charge in [0.2, 0.25) is 11.8 Å². The van der Waals surface area contributed by atoms with Crippen molar-refractivity contribution >= 4 is 34.3 Å². The summed E-state index contributed by atoms with van der Waals surface area (Å²) in [6, 6.07) is 8.52. The van der Waals surface area contributed by atoms with Crippen LogP contribution >= 0.6 is 0 Å². The summed E-state index contributed by atoms with van der Waals surface area (Å²) >= 11 is 0. The summed E-state index contributed by atoms with van der Waals surface area (Å²) in [5.41, 5.74) is 4.18. The SMILES string of the molecule is NC(=O)c1cn(CC(=O)N2CCC[C@H]2C(=O)Nc2cccc(C(F)(F)F)c2F)c2ccccc12. The van der Waals surface area contributed by atoms with Crippen LogP contribution in [0, 0.1) is 5.82 Å². The normalized spacial score (nSPS) is 16.1. The number of hydrogen-bond acceptors (Lipinski definition) is 3. The molecule has 0 spiro atoms. The number of carbonyl (C=O) groups is 3. The molecule has 3 N–H and O–H groups in total. The number of rotatable bonds is 5. The van der Waals surface area contributed by atoms with Gasteiger partial charge in [0.05, 0.1) is 16.8 Å². The van der Waals surface area contributed by atoms with Crippen LogP contribution in [-0.4, -0.2) is 39.8 Å². The van der Waals surface area contributed by atoms with Crippen molar-refractivity contribution in [3.05, 3.63) is 65.6 Å². The zero-order chi connectivity index (χ0) is 24.6. The van der Waals surface area contributed by atoms with Gasteiger partial charge in [-0.05, 0) is 31.0 Å². The molecule has 11 heteroatoms. The molecule has 2 heterocycles. The van der Waals surface area contributed by atoms with Gasteiger partial charge in [0.1, 0.15) is 12.6 Å². The van der Waals surface area contributed by atoms with Gasteiger partial charge in [0.15, 0.2) is 5.82 Å². The lowest BCUT2D eigenvalue weighted by Gasteiger charge is -2.24. The maximum atomic E-state index is 14.3. The molecule has 0 aliphatic carbocycles. The van der Waals surface area contributed by atoms with E-state index >= 15 is 0 Å². The number of aromatic nitrogens is 1. The fourth-order valence-electron chi connectivity index (χ4n) is 4.21. The van der Waals surface area contributed by atoms with Crippen LogP contribution in [0.1, 0.15) is 28.8 Å². The quantitative estimate of drug-likeness (QED) is 0.552.